The molecule has 2 rings (SSSR count). The van der Waals surface area contributed by atoms with Crippen molar-refractivity contribution in [2.45, 2.75) is 6.54 Å². The van der Waals surface area contributed by atoms with Crippen molar-refractivity contribution >= 4 is 28.9 Å². The van der Waals surface area contributed by atoms with Gasteiger partial charge in [0.05, 0.1) is 19.0 Å². The van der Waals surface area contributed by atoms with Crippen LogP contribution in [0.5, 0.6) is 5.75 Å². The molecule has 3 nitrogen and oxygen atoms in total. The molecular formula is C13H12Cl2N2O. The van der Waals surface area contributed by atoms with E-state index in [1.54, 1.807) is 19.4 Å². The molecule has 0 aliphatic heterocycles. The minimum Gasteiger partial charge on any atom is -0.496 e. The highest BCUT2D eigenvalue weighted by atomic mass is 35.5. The number of methoxy groups -OCH3 is 1. The fraction of sp³-hybridized carbons (Fsp3) is 0.154. The average Bonchev–Trinajstić information content (AvgIpc) is 2.39. The number of nitrogens with one attached hydrogen (secondary N) is 1. The molecule has 0 spiro atoms. The molecule has 0 bridgehead atoms. The molecule has 0 fully saturated rings. The maximum absolute atomic E-state index is 6.14. The lowest BCUT2D eigenvalue weighted by atomic mass is 10.2. The van der Waals surface area contributed by atoms with Gasteiger partial charge in [0, 0.05) is 17.1 Å². The Morgan fingerprint density at radius 1 is 1.22 bits per heavy atom. The molecule has 2 aromatic rings. The molecule has 5 heteroatoms. The summed E-state index contributed by atoms with van der Waals surface area (Å²) in [4.78, 5) is 4.00. The van der Waals surface area contributed by atoms with Crippen LogP contribution < -0.4 is 10.1 Å². The fourth-order valence-electron chi connectivity index (χ4n) is 1.57. The van der Waals surface area contributed by atoms with E-state index in [4.69, 9.17) is 27.9 Å². The average molecular weight is 283 g/mol. The number of benzene rings is 1. The van der Waals surface area contributed by atoms with Crippen molar-refractivity contribution in [1.29, 1.82) is 0 Å². The van der Waals surface area contributed by atoms with E-state index < -0.39 is 0 Å². The zero-order valence-corrected chi connectivity index (χ0v) is 11.3. The predicted octanol–water partition coefficient (Wildman–Crippen LogP) is 4.01. The summed E-state index contributed by atoms with van der Waals surface area (Å²) in [5.74, 6) is 0.761. The smallest absolute Gasteiger partial charge is 0.129 e. The van der Waals surface area contributed by atoms with Gasteiger partial charge in [0.1, 0.15) is 10.9 Å². The lowest BCUT2D eigenvalue weighted by molar-refractivity contribution is 0.410. The Morgan fingerprint density at radius 2 is 2.06 bits per heavy atom. The minimum absolute atomic E-state index is 0.468. The standard InChI is InChI=1S/C13H12Cl2N2O/c1-18-12-4-2-3-11(14)10(12)8-16-9-5-6-13(15)17-7-9/h2-7,16H,8H2,1H3. The Morgan fingerprint density at radius 3 is 2.72 bits per heavy atom. The highest BCUT2D eigenvalue weighted by molar-refractivity contribution is 6.31. The van der Waals surface area contributed by atoms with Crippen LogP contribution in [0.2, 0.25) is 10.2 Å². The number of ether oxygens (including phenoxy) is 1. The molecule has 0 saturated heterocycles. The van der Waals surface area contributed by atoms with Crippen molar-refractivity contribution in [2.75, 3.05) is 12.4 Å². The van der Waals surface area contributed by atoms with Crippen molar-refractivity contribution in [1.82, 2.24) is 4.98 Å². The van der Waals surface area contributed by atoms with Gasteiger partial charge in [0.15, 0.2) is 0 Å². The number of anilines is 1. The normalized spacial score (nSPS) is 10.2. The number of hydrogen-bond acceptors (Lipinski definition) is 3. The molecule has 0 amide bonds. The van der Waals surface area contributed by atoms with Gasteiger partial charge in [-0.05, 0) is 24.3 Å². The number of nitrogens with zero attached hydrogens (tertiary/aromatic N) is 1. The maximum atomic E-state index is 6.14. The zero-order chi connectivity index (χ0) is 13.0. The van der Waals surface area contributed by atoms with Crippen molar-refractivity contribution in [3.8, 4) is 5.75 Å². The van der Waals surface area contributed by atoms with Crippen LogP contribution in [0.4, 0.5) is 5.69 Å². The van der Waals surface area contributed by atoms with Crippen molar-refractivity contribution in [3.05, 3.63) is 52.3 Å². The molecule has 0 aliphatic rings. The van der Waals surface area contributed by atoms with Gasteiger partial charge in [0.25, 0.3) is 0 Å². The Kier molecular flexibility index (Phi) is 4.28. The Labute approximate surface area is 116 Å². The number of halogens is 2. The van der Waals surface area contributed by atoms with E-state index in [-0.39, 0.29) is 0 Å². The molecule has 0 atom stereocenters. The Hall–Kier alpha value is -1.45. The van der Waals surface area contributed by atoms with Crippen LogP contribution in [0.1, 0.15) is 5.56 Å². The van der Waals surface area contributed by atoms with Gasteiger partial charge < -0.3 is 10.1 Å². The first-order valence-corrected chi connectivity index (χ1v) is 6.13. The second-order valence-electron chi connectivity index (χ2n) is 3.64. The lowest BCUT2D eigenvalue weighted by Gasteiger charge is -2.12. The molecule has 1 heterocycles. The van der Waals surface area contributed by atoms with E-state index >= 15 is 0 Å². The summed E-state index contributed by atoms with van der Waals surface area (Å²) in [5, 5.41) is 4.36. The van der Waals surface area contributed by atoms with Crippen molar-refractivity contribution in [2.24, 2.45) is 0 Å². The summed E-state index contributed by atoms with van der Waals surface area (Å²) in [7, 11) is 1.62. The number of pyridine rings is 1. The first-order chi connectivity index (χ1) is 8.70. The highest BCUT2D eigenvalue weighted by Gasteiger charge is 2.07. The van der Waals surface area contributed by atoms with Gasteiger partial charge in [-0.15, -0.1) is 0 Å². The maximum Gasteiger partial charge on any atom is 0.129 e. The first-order valence-electron chi connectivity index (χ1n) is 5.37. The summed E-state index contributed by atoms with van der Waals surface area (Å²) in [6, 6.07) is 9.16. The summed E-state index contributed by atoms with van der Waals surface area (Å²) in [6.45, 7) is 0.562. The van der Waals surface area contributed by atoms with Gasteiger partial charge in [-0.1, -0.05) is 29.3 Å². The van der Waals surface area contributed by atoms with Crippen LogP contribution in [0, 0.1) is 0 Å². The number of hydrogen-bond donors (Lipinski definition) is 1. The zero-order valence-electron chi connectivity index (χ0n) is 9.78. The van der Waals surface area contributed by atoms with E-state index in [0.29, 0.717) is 16.7 Å². The lowest BCUT2D eigenvalue weighted by Crippen LogP contribution is -2.02. The van der Waals surface area contributed by atoms with E-state index in [1.807, 2.05) is 24.3 Å². The minimum atomic E-state index is 0.468. The molecule has 0 saturated carbocycles. The predicted molar refractivity (Wildman–Crippen MR) is 74.6 cm³/mol. The third kappa shape index (κ3) is 3.06. The summed E-state index contributed by atoms with van der Waals surface area (Å²) in [6.07, 6.45) is 1.67. The fourth-order valence-corrected chi connectivity index (χ4v) is 1.92. The molecule has 18 heavy (non-hydrogen) atoms. The largest absolute Gasteiger partial charge is 0.496 e. The van der Waals surface area contributed by atoms with Crippen LogP contribution in [-0.4, -0.2) is 12.1 Å². The van der Waals surface area contributed by atoms with Crippen LogP contribution in [-0.2, 0) is 6.54 Å². The first kappa shape index (κ1) is 13.0. The second kappa shape index (κ2) is 5.94. The topological polar surface area (TPSA) is 34.1 Å². The highest BCUT2D eigenvalue weighted by Crippen LogP contribution is 2.27. The number of rotatable bonds is 4. The van der Waals surface area contributed by atoms with Gasteiger partial charge in [-0.2, -0.15) is 0 Å². The molecule has 0 radical (unpaired) electrons. The second-order valence-corrected chi connectivity index (χ2v) is 4.44. The van der Waals surface area contributed by atoms with Gasteiger partial charge >= 0.3 is 0 Å². The van der Waals surface area contributed by atoms with Crippen molar-refractivity contribution in [3.63, 3.8) is 0 Å². The Bertz CT molecular complexity index is 529. The van der Waals surface area contributed by atoms with E-state index in [2.05, 4.69) is 10.3 Å². The molecule has 0 unspecified atom stereocenters. The van der Waals surface area contributed by atoms with Crippen LogP contribution in [0.15, 0.2) is 36.5 Å². The van der Waals surface area contributed by atoms with Crippen molar-refractivity contribution < 1.29 is 4.74 Å². The van der Waals surface area contributed by atoms with E-state index in [0.717, 1.165) is 17.0 Å². The van der Waals surface area contributed by atoms with Gasteiger partial charge in [-0.25, -0.2) is 4.98 Å². The molecular weight excluding hydrogens is 271 g/mol. The third-order valence-corrected chi connectivity index (χ3v) is 3.07. The van der Waals surface area contributed by atoms with E-state index in [1.165, 1.54) is 0 Å². The quantitative estimate of drug-likeness (QED) is 0.861. The van der Waals surface area contributed by atoms with Crippen LogP contribution in [0.3, 0.4) is 0 Å². The number of aromatic nitrogens is 1. The SMILES string of the molecule is COc1cccc(Cl)c1CNc1ccc(Cl)nc1. The molecule has 1 N–H and O–H groups in total. The summed E-state index contributed by atoms with van der Waals surface area (Å²) < 4.78 is 5.27. The molecule has 1 aromatic carbocycles. The summed E-state index contributed by atoms with van der Waals surface area (Å²) in [5.41, 5.74) is 1.79. The van der Waals surface area contributed by atoms with Crippen LogP contribution in [0.25, 0.3) is 0 Å². The molecule has 94 valence electrons. The third-order valence-electron chi connectivity index (χ3n) is 2.49. The summed E-state index contributed by atoms with van der Waals surface area (Å²) >= 11 is 11.9. The van der Waals surface area contributed by atoms with Gasteiger partial charge in [0.2, 0.25) is 0 Å². The van der Waals surface area contributed by atoms with Crippen LogP contribution >= 0.6 is 23.2 Å². The van der Waals surface area contributed by atoms with Gasteiger partial charge in [-0.3, -0.25) is 0 Å². The van der Waals surface area contributed by atoms with E-state index in [9.17, 15) is 0 Å². The monoisotopic (exact) mass is 282 g/mol. The molecule has 0 aliphatic carbocycles. The molecule has 1 aromatic heterocycles. The Balaban J connectivity index is 2.12.